The van der Waals surface area contributed by atoms with Crippen molar-refractivity contribution in [2.75, 3.05) is 13.7 Å². The molecule has 0 atom stereocenters. The highest BCUT2D eigenvalue weighted by Crippen LogP contribution is 2.23. The maximum absolute atomic E-state index is 12.4. The Morgan fingerprint density at radius 3 is 2.78 bits per heavy atom. The average Bonchev–Trinajstić information content (AvgIpc) is 2.82. The first-order chi connectivity index (χ1) is 8.44. The second-order valence-electron chi connectivity index (χ2n) is 4.65. The molecule has 0 aromatic carbocycles. The third kappa shape index (κ3) is 3.12. The Bertz CT molecular complexity index is 479. The quantitative estimate of drug-likeness (QED) is 0.852. The molecule has 0 saturated heterocycles. The van der Waals surface area contributed by atoms with Crippen molar-refractivity contribution >= 4 is 17.2 Å². The Balaban J connectivity index is 3.01. The van der Waals surface area contributed by atoms with E-state index in [4.69, 9.17) is 5.11 Å². The summed E-state index contributed by atoms with van der Waals surface area (Å²) in [5, 5.41) is 10.6. The molecule has 0 spiro atoms. The standard InChI is InChI=1S/C14H19NO2S/c1-5-14(2,3)15(4)13(17)12-11(7-6-9-16)8-10-18-12/h8,10,16H,5,9H2,1-4H3. The van der Waals surface area contributed by atoms with Crippen LogP contribution in [0.3, 0.4) is 0 Å². The van der Waals surface area contributed by atoms with Gasteiger partial charge in [0.05, 0.1) is 0 Å². The lowest BCUT2D eigenvalue weighted by molar-refractivity contribution is 0.0625. The van der Waals surface area contributed by atoms with Crippen LogP contribution in [0.25, 0.3) is 0 Å². The largest absolute Gasteiger partial charge is 0.384 e. The van der Waals surface area contributed by atoms with Crippen molar-refractivity contribution in [3.63, 3.8) is 0 Å². The van der Waals surface area contributed by atoms with Crippen molar-refractivity contribution in [3.8, 4) is 11.8 Å². The predicted molar refractivity (Wildman–Crippen MR) is 74.7 cm³/mol. The average molecular weight is 265 g/mol. The Labute approximate surface area is 112 Å². The maximum Gasteiger partial charge on any atom is 0.265 e. The second-order valence-corrected chi connectivity index (χ2v) is 5.57. The van der Waals surface area contributed by atoms with Gasteiger partial charge in [-0.2, -0.15) is 0 Å². The first-order valence-electron chi connectivity index (χ1n) is 5.89. The zero-order chi connectivity index (χ0) is 13.8. The van der Waals surface area contributed by atoms with E-state index in [1.54, 1.807) is 4.90 Å². The molecule has 1 amide bonds. The van der Waals surface area contributed by atoms with Crippen LogP contribution in [-0.4, -0.2) is 35.1 Å². The van der Waals surface area contributed by atoms with Gasteiger partial charge in [0.2, 0.25) is 0 Å². The lowest BCUT2D eigenvalue weighted by Crippen LogP contribution is -2.44. The highest BCUT2D eigenvalue weighted by molar-refractivity contribution is 7.12. The SMILES string of the molecule is CCC(C)(C)N(C)C(=O)c1sccc1C#CCO. The predicted octanol–water partition coefficient (Wildman–Crippen LogP) is 2.35. The van der Waals surface area contributed by atoms with Crippen molar-refractivity contribution in [3.05, 3.63) is 21.9 Å². The summed E-state index contributed by atoms with van der Waals surface area (Å²) in [6.07, 6.45) is 0.887. The molecule has 0 fully saturated rings. The van der Waals surface area contributed by atoms with Crippen molar-refractivity contribution in [1.29, 1.82) is 0 Å². The van der Waals surface area contributed by atoms with E-state index in [9.17, 15) is 4.79 Å². The number of nitrogens with zero attached hydrogens (tertiary/aromatic N) is 1. The number of carbonyl (C=O) groups excluding carboxylic acids is 1. The van der Waals surface area contributed by atoms with Crippen LogP contribution in [0.2, 0.25) is 0 Å². The number of aliphatic hydroxyl groups excluding tert-OH is 1. The normalized spacial score (nSPS) is 10.7. The van der Waals surface area contributed by atoms with Crippen molar-refractivity contribution in [2.24, 2.45) is 0 Å². The van der Waals surface area contributed by atoms with Gasteiger partial charge in [-0.1, -0.05) is 18.8 Å². The van der Waals surface area contributed by atoms with Crippen LogP contribution in [0.5, 0.6) is 0 Å². The van der Waals surface area contributed by atoms with E-state index >= 15 is 0 Å². The fourth-order valence-corrected chi connectivity index (χ4v) is 2.20. The van der Waals surface area contributed by atoms with E-state index in [-0.39, 0.29) is 18.1 Å². The Morgan fingerprint density at radius 1 is 1.56 bits per heavy atom. The van der Waals surface area contributed by atoms with Gasteiger partial charge in [-0.25, -0.2) is 0 Å². The van der Waals surface area contributed by atoms with Crippen molar-refractivity contribution < 1.29 is 9.90 Å². The van der Waals surface area contributed by atoms with Crippen LogP contribution in [0.4, 0.5) is 0 Å². The van der Waals surface area contributed by atoms with Crippen LogP contribution < -0.4 is 0 Å². The van der Waals surface area contributed by atoms with Crippen LogP contribution >= 0.6 is 11.3 Å². The number of hydrogen-bond acceptors (Lipinski definition) is 3. The zero-order valence-electron chi connectivity index (χ0n) is 11.3. The summed E-state index contributed by atoms with van der Waals surface area (Å²) in [4.78, 5) is 14.8. The molecule has 0 aliphatic rings. The van der Waals surface area contributed by atoms with Gasteiger partial charge in [0, 0.05) is 18.2 Å². The van der Waals surface area contributed by atoms with Gasteiger partial charge in [-0.05, 0) is 31.7 Å². The molecule has 0 bridgehead atoms. The lowest BCUT2D eigenvalue weighted by Gasteiger charge is -2.34. The van der Waals surface area contributed by atoms with Crippen LogP contribution in [0.15, 0.2) is 11.4 Å². The highest BCUT2D eigenvalue weighted by Gasteiger charge is 2.28. The van der Waals surface area contributed by atoms with Crippen LogP contribution in [-0.2, 0) is 0 Å². The van der Waals surface area contributed by atoms with E-state index in [2.05, 4.69) is 18.8 Å². The maximum atomic E-state index is 12.4. The van der Waals surface area contributed by atoms with E-state index in [1.165, 1.54) is 11.3 Å². The summed E-state index contributed by atoms with van der Waals surface area (Å²) in [6.45, 7) is 5.94. The molecular formula is C14H19NO2S. The van der Waals surface area contributed by atoms with Gasteiger partial charge in [0.25, 0.3) is 5.91 Å². The number of aliphatic hydroxyl groups is 1. The molecule has 3 nitrogen and oxygen atoms in total. The van der Waals surface area contributed by atoms with E-state index in [0.29, 0.717) is 10.4 Å². The number of rotatable bonds is 3. The molecule has 1 rings (SSSR count). The first kappa shape index (κ1) is 14.7. The topological polar surface area (TPSA) is 40.5 Å². The minimum atomic E-state index is -0.195. The summed E-state index contributed by atoms with van der Waals surface area (Å²) in [5.74, 6) is 5.38. The fraction of sp³-hybridized carbons (Fsp3) is 0.500. The number of thiophene rings is 1. The van der Waals surface area contributed by atoms with Crippen molar-refractivity contribution in [2.45, 2.75) is 32.7 Å². The highest BCUT2D eigenvalue weighted by atomic mass is 32.1. The van der Waals surface area contributed by atoms with Gasteiger partial charge in [-0.3, -0.25) is 4.79 Å². The fourth-order valence-electron chi connectivity index (χ4n) is 1.37. The lowest BCUT2D eigenvalue weighted by atomic mass is 9.99. The summed E-state index contributed by atoms with van der Waals surface area (Å²) >= 11 is 1.39. The van der Waals surface area contributed by atoms with Crippen molar-refractivity contribution in [1.82, 2.24) is 4.90 Å². The van der Waals surface area contributed by atoms with E-state index < -0.39 is 0 Å². The summed E-state index contributed by atoms with van der Waals surface area (Å²) in [7, 11) is 1.81. The van der Waals surface area contributed by atoms with Gasteiger partial charge in [0.15, 0.2) is 0 Å². The molecule has 1 N–H and O–H groups in total. The molecule has 0 unspecified atom stereocenters. The monoisotopic (exact) mass is 265 g/mol. The first-order valence-corrected chi connectivity index (χ1v) is 6.77. The smallest absolute Gasteiger partial charge is 0.265 e. The molecule has 4 heteroatoms. The Morgan fingerprint density at radius 2 is 2.22 bits per heavy atom. The molecule has 1 aromatic heterocycles. The van der Waals surface area contributed by atoms with Gasteiger partial charge < -0.3 is 10.0 Å². The molecule has 1 heterocycles. The van der Waals surface area contributed by atoms with Gasteiger partial charge in [-0.15, -0.1) is 11.3 Å². The molecule has 98 valence electrons. The molecular weight excluding hydrogens is 246 g/mol. The summed E-state index contributed by atoms with van der Waals surface area (Å²) < 4.78 is 0. The van der Waals surface area contributed by atoms with Crippen LogP contribution in [0.1, 0.15) is 42.4 Å². The molecule has 0 radical (unpaired) electrons. The van der Waals surface area contributed by atoms with Crippen LogP contribution in [0, 0.1) is 11.8 Å². The number of carbonyl (C=O) groups is 1. The molecule has 0 saturated carbocycles. The zero-order valence-corrected chi connectivity index (χ0v) is 12.1. The Kier molecular flexibility index (Phi) is 4.94. The third-order valence-corrected chi connectivity index (χ3v) is 4.14. The molecule has 18 heavy (non-hydrogen) atoms. The summed E-state index contributed by atoms with van der Waals surface area (Å²) in [5.41, 5.74) is 0.515. The minimum absolute atomic E-state index is 0.0147. The third-order valence-electron chi connectivity index (χ3n) is 3.24. The Hall–Kier alpha value is -1.31. The van der Waals surface area contributed by atoms with Gasteiger partial charge >= 0.3 is 0 Å². The summed E-state index contributed by atoms with van der Waals surface area (Å²) in [6, 6.07) is 1.81. The molecule has 0 aliphatic heterocycles. The van der Waals surface area contributed by atoms with E-state index in [1.807, 2.05) is 32.3 Å². The number of hydrogen-bond donors (Lipinski definition) is 1. The second kappa shape index (κ2) is 6.03. The van der Waals surface area contributed by atoms with E-state index in [0.717, 1.165) is 6.42 Å². The minimum Gasteiger partial charge on any atom is -0.384 e. The van der Waals surface area contributed by atoms with Gasteiger partial charge in [0.1, 0.15) is 11.5 Å². The molecule has 1 aromatic rings. The number of amides is 1. The molecule has 0 aliphatic carbocycles.